The van der Waals surface area contributed by atoms with E-state index in [0.717, 1.165) is 39.3 Å². The van der Waals surface area contributed by atoms with Gasteiger partial charge in [-0.2, -0.15) is 0 Å². The van der Waals surface area contributed by atoms with Crippen LogP contribution in [0.1, 0.15) is 12.5 Å². The fourth-order valence-electron chi connectivity index (χ4n) is 4.89. The molecule has 4 rings (SSSR count). The first-order chi connectivity index (χ1) is 15.5. The van der Waals surface area contributed by atoms with E-state index >= 15 is 0 Å². The molecule has 3 heterocycles. The summed E-state index contributed by atoms with van der Waals surface area (Å²) < 4.78 is 5.72. The molecule has 0 spiro atoms. The van der Waals surface area contributed by atoms with E-state index in [1.165, 1.54) is 5.56 Å². The summed E-state index contributed by atoms with van der Waals surface area (Å²) in [4.78, 5) is 34.3. The molecule has 0 radical (unpaired) electrons. The summed E-state index contributed by atoms with van der Waals surface area (Å²) in [5, 5.41) is 8.96. The lowest BCUT2D eigenvalue weighted by atomic mass is 10.2. The van der Waals surface area contributed by atoms with Gasteiger partial charge >= 0.3 is 12.1 Å². The standard InChI is InChI=1S/C23H35N5O4/c1-19-22(27-14-11-26(12-15-27)18-21(29)30)32-23(31)28(19)16-13-24-7-9-25(10-8-24)17-20-5-3-2-4-6-20/h2-6,19,22H,7-18H2,1H3,(H,29,30). The maximum atomic E-state index is 12.5. The van der Waals surface area contributed by atoms with E-state index in [1.807, 2.05) is 9.80 Å². The van der Waals surface area contributed by atoms with Gasteiger partial charge in [-0.1, -0.05) is 30.3 Å². The van der Waals surface area contributed by atoms with Crippen LogP contribution >= 0.6 is 0 Å². The number of nitrogens with zero attached hydrogens (tertiary/aromatic N) is 5. The maximum Gasteiger partial charge on any atom is 0.411 e. The third-order valence-electron chi connectivity index (χ3n) is 6.86. The van der Waals surface area contributed by atoms with E-state index in [1.54, 1.807) is 0 Å². The first-order valence-corrected chi connectivity index (χ1v) is 11.6. The summed E-state index contributed by atoms with van der Waals surface area (Å²) in [7, 11) is 0. The van der Waals surface area contributed by atoms with E-state index < -0.39 is 5.97 Å². The molecule has 0 saturated carbocycles. The first kappa shape index (κ1) is 23.0. The molecule has 0 bridgehead atoms. The normalized spacial score (nSPS) is 26.4. The number of hydrogen-bond acceptors (Lipinski definition) is 7. The molecule has 2 unspecified atom stereocenters. The van der Waals surface area contributed by atoms with Crippen LogP contribution < -0.4 is 0 Å². The Bertz CT molecular complexity index is 763. The van der Waals surface area contributed by atoms with Gasteiger partial charge in [0, 0.05) is 72.0 Å². The molecule has 1 aromatic rings. The highest BCUT2D eigenvalue weighted by Gasteiger charge is 2.42. The lowest BCUT2D eigenvalue weighted by Crippen LogP contribution is -2.54. The first-order valence-electron chi connectivity index (χ1n) is 11.6. The summed E-state index contributed by atoms with van der Waals surface area (Å²) in [5.74, 6) is -0.800. The second-order valence-electron chi connectivity index (χ2n) is 9.02. The molecule has 1 N–H and O–H groups in total. The number of carboxylic acids is 1. The number of aliphatic carboxylic acids is 1. The number of benzene rings is 1. The minimum Gasteiger partial charge on any atom is -0.480 e. The number of hydrogen-bond donors (Lipinski definition) is 1. The van der Waals surface area contributed by atoms with E-state index in [-0.39, 0.29) is 24.9 Å². The van der Waals surface area contributed by atoms with Gasteiger partial charge in [0.15, 0.2) is 6.23 Å². The van der Waals surface area contributed by atoms with Gasteiger partial charge in [-0.25, -0.2) is 4.79 Å². The molecule has 176 valence electrons. The highest BCUT2D eigenvalue weighted by atomic mass is 16.6. The molecular weight excluding hydrogens is 410 g/mol. The SMILES string of the molecule is CC1C(N2CCN(CC(=O)O)CC2)OC(=O)N1CCN1CCN(Cc2ccccc2)CC1. The Morgan fingerprint density at radius 2 is 1.56 bits per heavy atom. The molecule has 1 amide bonds. The van der Waals surface area contributed by atoms with Crippen LogP contribution in [0.3, 0.4) is 0 Å². The van der Waals surface area contributed by atoms with Crippen LogP contribution in [-0.4, -0.2) is 126 Å². The lowest BCUT2D eigenvalue weighted by molar-refractivity contribution is -0.139. The molecule has 0 aliphatic carbocycles. The lowest BCUT2D eigenvalue weighted by Gasteiger charge is -2.38. The van der Waals surface area contributed by atoms with Crippen LogP contribution in [0.5, 0.6) is 0 Å². The molecule has 3 saturated heterocycles. The Balaban J connectivity index is 1.19. The molecule has 32 heavy (non-hydrogen) atoms. The maximum absolute atomic E-state index is 12.5. The number of carbonyl (C=O) groups is 2. The number of piperazine rings is 2. The van der Waals surface area contributed by atoms with Crippen molar-refractivity contribution >= 4 is 12.1 Å². The highest BCUT2D eigenvalue weighted by molar-refractivity contribution is 5.70. The molecule has 3 fully saturated rings. The van der Waals surface area contributed by atoms with E-state index in [4.69, 9.17) is 9.84 Å². The monoisotopic (exact) mass is 445 g/mol. The second kappa shape index (κ2) is 10.6. The van der Waals surface area contributed by atoms with Crippen LogP contribution in [0.4, 0.5) is 4.79 Å². The van der Waals surface area contributed by atoms with E-state index in [9.17, 15) is 9.59 Å². The number of amides is 1. The third-order valence-corrected chi connectivity index (χ3v) is 6.86. The van der Waals surface area contributed by atoms with Gasteiger partial charge in [0.25, 0.3) is 0 Å². The summed E-state index contributed by atoms with van der Waals surface area (Å²) in [6.07, 6.45) is -0.490. The Morgan fingerprint density at radius 1 is 0.938 bits per heavy atom. The molecule has 9 nitrogen and oxygen atoms in total. The zero-order valence-electron chi connectivity index (χ0n) is 18.9. The summed E-state index contributed by atoms with van der Waals surface area (Å²) in [6.45, 7) is 11.5. The largest absolute Gasteiger partial charge is 0.480 e. The predicted octanol–water partition coefficient (Wildman–Crippen LogP) is 0.673. The highest BCUT2D eigenvalue weighted by Crippen LogP contribution is 2.23. The van der Waals surface area contributed by atoms with Crippen molar-refractivity contribution in [3.05, 3.63) is 35.9 Å². The topological polar surface area (TPSA) is 79.8 Å². The molecule has 0 aromatic heterocycles. The van der Waals surface area contributed by atoms with E-state index in [0.29, 0.717) is 32.7 Å². The molecular formula is C23H35N5O4. The van der Waals surface area contributed by atoms with Crippen LogP contribution in [0.2, 0.25) is 0 Å². The number of rotatable bonds is 8. The van der Waals surface area contributed by atoms with Crippen molar-refractivity contribution < 1.29 is 19.4 Å². The quantitative estimate of drug-likeness (QED) is 0.626. The molecule has 3 aliphatic rings. The van der Waals surface area contributed by atoms with Crippen molar-refractivity contribution in [2.75, 3.05) is 72.0 Å². The van der Waals surface area contributed by atoms with Crippen LogP contribution in [0.15, 0.2) is 30.3 Å². The van der Waals surface area contributed by atoms with Crippen molar-refractivity contribution in [1.82, 2.24) is 24.5 Å². The average molecular weight is 446 g/mol. The predicted molar refractivity (Wildman–Crippen MR) is 120 cm³/mol. The van der Waals surface area contributed by atoms with Gasteiger partial charge < -0.3 is 9.84 Å². The Morgan fingerprint density at radius 3 is 2.22 bits per heavy atom. The van der Waals surface area contributed by atoms with Crippen LogP contribution in [0, 0.1) is 0 Å². The molecule has 1 aromatic carbocycles. The van der Waals surface area contributed by atoms with Crippen molar-refractivity contribution in [3.63, 3.8) is 0 Å². The zero-order chi connectivity index (χ0) is 22.5. The third kappa shape index (κ3) is 5.78. The summed E-state index contributed by atoms with van der Waals surface area (Å²) in [5.41, 5.74) is 1.35. The van der Waals surface area contributed by atoms with E-state index in [2.05, 4.69) is 52.0 Å². The van der Waals surface area contributed by atoms with Gasteiger partial charge in [0.05, 0.1) is 12.6 Å². The minimum atomic E-state index is -0.800. The Labute approximate surface area is 190 Å². The average Bonchev–Trinajstić information content (AvgIpc) is 3.07. The smallest absolute Gasteiger partial charge is 0.411 e. The van der Waals surface area contributed by atoms with Crippen molar-refractivity contribution in [1.29, 1.82) is 0 Å². The Kier molecular flexibility index (Phi) is 7.62. The number of carboxylic acid groups (broad SMARTS) is 1. The molecule has 9 heteroatoms. The van der Waals surface area contributed by atoms with Gasteiger partial charge in [-0.05, 0) is 12.5 Å². The van der Waals surface area contributed by atoms with Crippen LogP contribution in [0.25, 0.3) is 0 Å². The molecule has 3 aliphatic heterocycles. The molecule has 2 atom stereocenters. The van der Waals surface area contributed by atoms with Crippen molar-refractivity contribution in [2.24, 2.45) is 0 Å². The number of cyclic esters (lactones) is 1. The number of carbonyl (C=O) groups excluding carboxylic acids is 1. The van der Waals surface area contributed by atoms with Gasteiger partial charge in [0.1, 0.15) is 0 Å². The minimum absolute atomic E-state index is 0.00658. The van der Waals surface area contributed by atoms with Crippen molar-refractivity contribution in [3.8, 4) is 0 Å². The zero-order valence-corrected chi connectivity index (χ0v) is 18.9. The summed E-state index contributed by atoms with van der Waals surface area (Å²) >= 11 is 0. The van der Waals surface area contributed by atoms with Gasteiger partial charge in [-0.3, -0.25) is 29.3 Å². The second-order valence-corrected chi connectivity index (χ2v) is 9.02. The fourth-order valence-corrected chi connectivity index (χ4v) is 4.89. The van der Waals surface area contributed by atoms with Gasteiger partial charge in [0.2, 0.25) is 0 Å². The summed E-state index contributed by atoms with van der Waals surface area (Å²) in [6, 6.07) is 10.6. The number of ether oxygens (including phenoxy) is 1. The Hall–Kier alpha value is -2.20. The van der Waals surface area contributed by atoms with Crippen LogP contribution in [-0.2, 0) is 16.1 Å². The fraction of sp³-hybridized carbons (Fsp3) is 0.652. The van der Waals surface area contributed by atoms with Crippen molar-refractivity contribution in [2.45, 2.75) is 25.7 Å². The van der Waals surface area contributed by atoms with Gasteiger partial charge in [-0.15, -0.1) is 0 Å².